The molecule has 3 rings (SSSR count). The molecule has 0 aliphatic rings. The standard InChI is InChI=1S/C22H15BF3N3O2/c23-16-9-15(22(24,25)26)10-17(11-16)29-21(30)5-4-14-2-1-3-19(8-14)31-20-6-7-28-18(12-20)13-27/h1-3,6-12H,4-5H2,(H,29,30). The van der Waals surface area contributed by atoms with Gasteiger partial charge in [-0.05, 0) is 42.3 Å². The number of aromatic nitrogens is 1. The summed E-state index contributed by atoms with van der Waals surface area (Å²) in [6, 6.07) is 15.0. The number of hydrogen-bond acceptors (Lipinski definition) is 4. The normalized spacial score (nSPS) is 10.9. The van der Waals surface area contributed by atoms with Crippen LogP contribution in [0.2, 0.25) is 0 Å². The van der Waals surface area contributed by atoms with E-state index >= 15 is 0 Å². The van der Waals surface area contributed by atoms with Gasteiger partial charge in [-0.25, -0.2) is 4.98 Å². The molecule has 0 saturated heterocycles. The number of ether oxygens (including phenoxy) is 1. The van der Waals surface area contributed by atoms with Crippen LogP contribution >= 0.6 is 0 Å². The molecule has 0 atom stereocenters. The number of nitrogens with zero attached hydrogens (tertiary/aromatic N) is 2. The summed E-state index contributed by atoms with van der Waals surface area (Å²) in [5.41, 5.74) is -0.0133. The summed E-state index contributed by atoms with van der Waals surface area (Å²) in [4.78, 5) is 16.1. The van der Waals surface area contributed by atoms with Crippen molar-refractivity contribution in [1.29, 1.82) is 5.26 Å². The predicted octanol–water partition coefficient (Wildman–Crippen LogP) is 4.13. The van der Waals surface area contributed by atoms with Crippen LogP contribution in [0.3, 0.4) is 0 Å². The molecule has 0 bridgehead atoms. The van der Waals surface area contributed by atoms with Crippen LogP contribution in [0.1, 0.15) is 23.2 Å². The summed E-state index contributed by atoms with van der Waals surface area (Å²) in [5, 5.41) is 11.3. The van der Waals surface area contributed by atoms with Crippen molar-refractivity contribution < 1.29 is 22.7 Å². The highest BCUT2D eigenvalue weighted by molar-refractivity contribution is 6.32. The third kappa shape index (κ3) is 6.34. The monoisotopic (exact) mass is 421 g/mol. The molecular weight excluding hydrogens is 406 g/mol. The summed E-state index contributed by atoms with van der Waals surface area (Å²) < 4.78 is 44.4. The first-order valence-electron chi connectivity index (χ1n) is 9.13. The minimum atomic E-state index is -4.56. The summed E-state index contributed by atoms with van der Waals surface area (Å²) in [7, 11) is 5.51. The van der Waals surface area contributed by atoms with E-state index in [1.807, 2.05) is 6.07 Å². The Bertz CT molecular complexity index is 1140. The van der Waals surface area contributed by atoms with Gasteiger partial charge in [0.05, 0.1) is 5.56 Å². The van der Waals surface area contributed by atoms with Gasteiger partial charge in [-0.3, -0.25) is 4.79 Å². The highest BCUT2D eigenvalue weighted by atomic mass is 19.4. The fraction of sp³-hybridized carbons (Fsp3) is 0.136. The van der Waals surface area contributed by atoms with Gasteiger partial charge >= 0.3 is 6.18 Å². The first kappa shape index (κ1) is 21.9. The molecule has 154 valence electrons. The molecule has 2 radical (unpaired) electrons. The molecule has 0 fully saturated rings. The fourth-order valence-electron chi connectivity index (χ4n) is 2.81. The van der Waals surface area contributed by atoms with E-state index in [2.05, 4.69) is 10.3 Å². The molecule has 0 unspecified atom stereocenters. The van der Waals surface area contributed by atoms with Gasteiger partial charge in [0.1, 0.15) is 31.1 Å². The molecule has 2 aromatic carbocycles. The van der Waals surface area contributed by atoms with Gasteiger partial charge in [0, 0.05) is 24.4 Å². The summed E-state index contributed by atoms with van der Waals surface area (Å²) in [6.07, 6.45) is -2.70. The van der Waals surface area contributed by atoms with Gasteiger partial charge in [0.25, 0.3) is 0 Å². The molecule has 0 aliphatic heterocycles. The van der Waals surface area contributed by atoms with E-state index in [0.29, 0.717) is 17.9 Å². The number of nitriles is 1. The highest BCUT2D eigenvalue weighted by Crippen LogP contribution is 2.30. The van der Waals surface area contributed by atoms with E-state index < -0.39 is 17.6 Å². The second-order valence-corrected chi connectivity index (χ2v) is 6.63. The molecular formula is C22H15BF3N3O2. The summed E-state index contributed by atoms with van der Waals surface area (Å²) in [5.74, 6) is 0.514. The molecule has 0 spiro atoms. The van der Waals surface area contributed by atoms with Crippen molar-refractivity contribution in [2.45, 2.75) is 19.0 Å². The lowest BCUT2D eigenvalue weighted by atomic mass is 9.93. The van der Waals surface area contributed by atoms with Crippen LogP contribution in [0.15, 0.2) is 60.8 Å². The second kappa shape index (κ2) is 9.35. The van der Waals surface area contributed by atoms with Crippen molar-refractivity contribution in [1.82, 2.24) is 4.98 Å². The van der Waals surface area contributed by atoms with Crippen LogP contribution in [-0.4, -0.2) is 18.7 Å². The number of alkyl halides is 3. The lowest BCUT2D eigenvalue weighted by molar-refractivity contribution is -0.137. The number of halogens is 3. The van der Waals surface area contributed by atoms with Crippen molar-refractivity contribution >= 4 is 24.9 Å². The number of hydrogen-bond donors (Lipinski definition) is 1. The van der Waals surface area contributed by atoms with Gasteiger partial charge in [-0.15, -0.1) is 0 Å². The number of carbonyl (C=O) groups excluding carboxylic acids is 1. The SMILES string of the molecule is [B]c1cc(NC(=O)CCc2cccc(Oc3ccnc(C#N)c3)c2)cc(C(F)(F)F)c1. The zero-order valence-corrected chi connectivity index (χ0v) is 16.1. The largest absolute Gasteiger partial charge is 0.457 e. The van der Waals surface area contributed by atoms with Crippen molar-refractivity contribution in [3.63, 3.8) is 0 Å². The maximum Gasteiger partial charge on any atom is 0.416 e. The van der Waals surface area contributed by atoms with E-state index in [-0.39, 0.29) is 23.3 Å². The van der Waals surface area contributed by atoms with E-state index in [1.165, 1.54) is 18.3 Å². The molecule has 0 aliphatic carbocycles. The Morgan fingerprint density at radius 3 is 2.65 bits per heavy atom. The van der Waals surface area contributed by atoms with Crippen LogP contribution in [-0.2, 0) is 17.4 Å². The molecule has 9 heteroatoms. The van der Waals surface area contributed by atoms with Gasteiger partial charge in [-0.1, -0.05) is 23.7 Å². The number of aryl methyl sites for hydroxylation is 1. The van der Waals surface area contributed by atoms with Crippen molar-refractivity contribution in [3.05, 3.63) is 77.6 Å². The van der Waals surface area contributed by atoms with Gasteiger partial charge in [0.2, 0.25) is 5.91 Å². The topological polar surface area (TPSA) is 75.0 Å². The molecule has 1 N–H and O–H groups in total. The molecule has 1 heterocycles. The third-order valence-electron chi connectivity index (χ3n) is 4.19. The van der Waals surface area contributed by atoms with E-state index in [4.69, 9.17) is 17.8 Å². The van der Waals surface area contributed by atoms with Crippen LogP contribution < -0.4 is 15.5 Å². The Kier molecular flexibility index (Phi) is 6.60. The first-order valence-corrected chi connectivity index (χ1v) is 9.13. The van der Waals surface area contributed by atoms with Crippen molar-refractivity contribution in [2.75, 3.05) is 5.32 Å². The molecule has 1 amide bonds. The van der Waals surface area contributed by atoms with E-state index in [1.54, 1.807) is 30.3 Å². The van der Waals surface area contributed by atoms with Gasteiger partial charge < -0.3 is 10.1 Å². The Hall–Kier alpha value is -3.80. The lowest BCUT2D eigenvalue weighted by Crippen LogP contribution is -2.17. The van der Waals surface area contributed by atoms with Crippen LogP contribution in [0, 0.1) is 11.3 Å². The Morgan fingerprint density at radius 2 is 1.90 bits per heavy atom. The Morgan fingerprint density at radius 1 is 1.13 bits per heavy atom. The number of pyridine rings is 1. The maximum atomic E-state index is 12.9. The minimum absolute atomic E-state index is 0.0135. The van der Waals surface area contributed by atoms with Crippen LogP contribution in [0.25, 0.3) is 0 Å². The summed E-state index contributed by atoms with van der Waals surface area (Å²) >= 11 is 0. The average Bonchev–Trinajstić information content (AvgIpc) is 2.72. The smallest absolute Gasteiger partial charge is 0.416 e. The molecule has 5 nitrogen and oxygen atoms in total. The van der Waals surface area contributed by atoms with Crippen LogP contribution in [0.4, 0.5) is 18.9 Å². The minimum Gasteiger partial charge on any atom is -0.457 e. The number of anilines is 1. The van der Waals surface area contributed by atoms with Gasteiger partial charge in [0.15, 0.2) is 0 Å². The molecule has 3 aromatic rings. The number of benzene rings is 2. The van der Waals surface area contributed by atoms with Gasteiger partial charge in [-0.2, -0.15) is 18.4 Å². The first-order chi connectivity index (χ1) is 14.7. The van der Waals surface area contributed by atoms with Crippen molar-refractivity contribution in [3.8, 4) is 17.6 Å². The number of carbonyl (C=O) groups is 1. The highest BCUT2D eigenvalue weighted by Gasteiger charge is 2.30. The zero-order valence-electron chi connectivity index (χ0n) is 16.1. The second-order valence-electron chi connectivity index (χ2n) is 6.63. The van der Waals surface area contributed by atoms with E-state index in [0.717, 1.165) is 17.7 Å². The molecule has 0 saturated carbocycles. The predicted molar refractivity (Wildman–Crippen MR) is 109 cm³/mol. The third-order valence-corrected chi connectivity index (χ3v) is 4.19. The van der Waals surface area contributed by atoms with Crippen LogP contribution in [0.5, 0.6) is 11.5 Å². The number of nitrogens with one attached hydrogen (secondary N) is 1. The fourth-order valence-corrected chi connectivity index (χ4v) is 2.81. The zero-order chi connectivity index (χ0) is 22.4. The van der Waals surface area contributed by atoms with Crippen molar-refractivity contribution in [2.24, 2.45) is 0 Å². The average molecular weight is 421 g/mol. The van der Waals surface area contributed by atoms with E-state index in [9.17, 15) is 18.0 Å². The lowest BCUT2D eigenvalue weighted by Gasteiger charge is -2.12. The molecule has 1 aromatic heterocycles. The number of rotatable bonds is 6. The molecule has 31 heavy (non-hydrogen) atoms. The summed E-state index contributed by atoms with van der Waals surface area (Å²) in [6.45, 7) is 0. The Labute approximate surface area is 177 Å². The quantitative estimate of drug-likeness (QED) is 0.608. The maximum absolute atomic E-state index is 12.9. The number of amides is 1. The Balaban J connectivity index is 1.61.